The molecule has 0 fully saturated rings. The number of hydrogen-bond acceptors (Lipinski definition) is 3. The highest BCUT2D eigenvalue weighted by Gasteiger charge is 2.23. The van der Waals surface area contributed by atoms with Gasteiger partial charge >= 0.3 is 0 Å². The van der Waals surface area contributed by atoms with Gasteiger partial charge in [-0.15, -0.1) is 0 Å². The molecule has 0 atom stereocenters. The van der Waals surface area contributed by atoms with Crippen LogP contribution >= 0.6 is 0 Å². The normalized spacial score (nSPS) is 11.3. The standard InChI is InChI=1S/C17H21NO3S/c1-12-7-6-8-16(14(12)3)18(4)22(19,20)15-9-10-17(21-5)13(2)11-15/h6-11H,1-5H3. The fourth-order valence-corrected chi connectivity index (χ4v) is 3.71. The van der Waals surface area contributed by atoms with E-state index in [4.69, 9.17) is 4.74 Å². The summed E-state index contributed by atoms with van der Waals surface area (Å²) in [5, 5.41) is 0. The molecule has 2 aromatic carbocycles. The van der Waals surface area contributed by atoms with Crippen molar-refractivity contribution in [3.05, 3.63) is 53.1 Å². The van der Waals surface area contributed by atoms with E-state index >= 15 is 0 Å². The molecular formula is C17H21NO3S. The minimum Gasteiger partial charge on any atom is -0.496 e. The average molecular weight is 319 g/mol. The topological polar surface area (TPSA) is 46.6 Å². The first-order valence-corrected chi connectivity index (χ1v) is 8.43. The highest BCUT2D eigenvalue weighted by molar-refractivity contribution is 7.92. The van der Waals surface area contributed by atoms with Gasteiger partial charge in [0.2, 0.25) is 0 Å². The second-order valence-electron chi connectivity index (χ2n) is 5.32. The van der Waals surface area contributed by atoms with Crippen LogP contribution in [0, 0.1) is 20.8 Å². The SMILES string of the molecule is COc1ccc(S(=O)(=O)N(C)c2cccc(C)c2C)cc1C. The summed E-state index contributed by atoms with van der Waals surface area (Å²) in [6.45, 7) is 5.72. The van der Waals surface area contributed by atoms with Crippen molar-refractivity contribution in [3.8, 4) is 5.75 Å². The van der Waals surface area contributed by atoms with Crippen molar-refractivity contribution < 1.29 is 13.2 Å². The predicted octanol–water partition coefficient (Wildman–Crippen LogP) is 3.45. The number of sulfonamides is 1. The molecule has 5 heteroatoms. The van der Waals surface area contributed by atoms with Crippen molar-refractivity contribution in [1.29, 1.82) is 0 Å². The summed E-state index contributed by atoms with van der Waals surface area (Å²) >= 11 is 0. The first kappa shape index (κ1) is 16.4. The first-order valence-electron chi connectivity index (χ1n) is 6.99. The van der Waals surface area contributed by atoms with Crippen molar-refractivity contribution in [3.63, 3.8) is 0 Å². The summed E-state index contributed by atoms with van der Waals surface area (Å²) in [7, 11) is -0.453. The van der Waals surface area contributed by atoms with Gasteiger partial charge in [0, 0.05) is 7.05 Å². The number of rotatable bonds is 4. The van der Waals surface area contributed by atoms with Gasteiger partial charge < -0.3 is 4.74 Å². The van der Waals surface area contributed by atoms with Crippen LogP contribution in [0.1, 0.15) is 16.7 Å². The van der Waals surface area contributed by atoms with Crippen LogP contribution in [0.2, 0.25) is 0 Å². The van der Waals surface area contributed by atoms with E-state index in [1.807, 2.05) is 39.0 Å². The van der Waals surface area contributed by atoms with Crippen LogP contribution in [0.15, 0.2) is 41.3 Å². The summed E-state index contributed by atoms with van der Waals surface area (Å²) in [6, 6.07) is 10.5. The quantitative estimate of drug-likeness (QED) is 0.867. The van der Waals surface area contributed by atoms with Gasteiger partial charge in [-0.1, -0.05) is 12.1 Å². The maximum absolute atomic E-state index is 12.8. The number of hydrogen-bond donors (Lipinski definition) is 0. The lowest BCUT2D eigenvalue weighted by Gasteiger charge is -2.22. The summed E-state index contributed by atoms with van der Waals surface area (Å²) < 4.78 is 32.2. The molecule has 22 heavy (non-hydrogen) atoms. The van der Waals surface area contributed by atoms with Crippen molar-refractivity contribution in [2.75, 3.05) is 18.5 Å². The van der Waals surface area contributed by atoms with Crippen LogP contribution in [0.4, 0.5) is 5.69 Å². The Bertz CT molecular complexity index is 798. The Hall–Kier alpha value is -2.01. The largest absolute Gasteiger partial charge is 0.496 e. The van der Waals surface area contributed by atoms with E-state index in [0.717, 1.165) is 16.7 Å². The van der Waals surface area contributed by atoms with Gasteiger partial charge in [-0.25, -0.2) is 8.42 Å². The minimum absolute atomic E-state index is 0.259. The number of nitrogens with zero attached hydrogens (tertiary/aromatic N) is 1. The maximum Gasteiger partial charge on any atom is 0.264 e. The fraction of sp³-hybridized carbons (Fsp3) is 0.294. The molecule has 0 unspecified atom stereocenters. The minimum atomic E-state index is -3.60. The Balaban J connectivity index is 2.50. The molecular weight excluding hydrogens is 298 g/mol. The molecule has 0 aliphatic rings. The highest BCUT2D eigenvalue weighted by atomic mass is 32.2. The number of ether oxygens (including phenoxy) is 1. The van der Waals surface area contributed by atoms with Crippen molar-refractivity contribution in [1.82, 2.24) is 0 Å². The molecule has 0 bridgehead atoms. The molecule has 0 amide bonds. The van der Waals surface area contributed by atoms with E-state index in [2.05, 4.69) is 0 Å². The van der Waals surface area contributed by atoms with Crippen molar-refractivity contribution in [2.45, 2.75) is 25.7 Å². The predicted molar refractivity (Wildman–Crippen MR) is 89.2 cm³/mol. The van der Waals surface area contributed by atoms with Crippen LogP contribution in [0.3, 0.4) is 0 Å². The lowest BCUT2D eigenvalue weighted by atomic mass is 10.1. The van der Waals surface area contributed by atoms with E-state index in [1.54, 1.807) is 32.4 Å². The second kappa shape index (κ2) is 6.01. The zero-order chi connectivity index (χ0) is 16.5. The van der Waals surface area contributed by atoms with Gasteiger partial charge in [0.05, 0.1) is 17.7 Å². The molecule has 0 heterocycles. The van der Waals surface area contributed by atoms with Gasteiger partial charge in [-0.05, 0) is 61.7 Å². The van der Waals surface area contributed by atoms with Crippen LogP contribution in [-0.4, -0.2) is 22.6 Å². The Morgan fingerprint density at radius 2 is 1.68 bits per heavy atom. The monoisotopic (exact) mass is 319 g/mol. The van der Waals surface area contributed by atoms with Crippen LogP contribution in [0.25, 0.3) is 0 Å². The van der Waals surface area contributed by atoms with Crippen LogP contribution < -0.4 is 9.04 Å². The Kier molecular flexibility index (Phi) is 4.47. The summed E-state index contributed by atoms with van der Waals surface area (Å²) in [6.07, 6.45) is 0. The molecule has 118 valence electrons. The maximum atomic E-state index is 12.8. The molecule has 2 rings (SSSR count). The molecule has 0 saturated heterocycles. The van der Waals surface area contributed by atoms with E-state index in [9.17, 15) is 8.42 Å². The Morgan fingerprint density at radius 1 is 1.00 bits per heavy atom. The number of anilines is 1. The number of methoxy groups -OCH3 is 1. The molecule has 0 saturated carbocycles. The van der Waals surface area contributed by atoms with Crippen LogP contribution in [-0.2, 0) is 10.0 Å². The molecule has 2 aromatic rings. The average Bonchev–Trinajstić information content (AvgIpc) is 2.49. The van der Waals surface area contributed by atoms with Gasteiger partial charge in [0.15, 0.2) is 0 Å². The van der Waals surface area contributed by atoms with Gasteiger partial charge in [-0.2, -0.15) is 0 Å². The lowest BCUT2D eigenvalue weighted by molar-refractivity contribution is 0.411. The fourth-order valence-electron chi connectivity index (χ4n) is 2.38. The molecule has 0 spiro atoms. The zero-order valence-corrected chi connectivity index (χ0v) is 14.4. The van der Waals surface area contributed by atoms with Crippen LogP contribution in [0.5, 0.6) is 5.75 Å². The van der Waals surface area contributed by atoms with E-state index in [-0.39, 0.29) is 4.90 Å². The lowest BCUT2D eigenvalue weighted by Crippen LogP contribution is -2.27. The van der Waals surface area contributed by atoms with Crippen molar-refractivity contribution >= 4 is 15.7 Å². The highest BCUT2D eigenvalue weighted by Crippen LogP contribution is 2.29. The number of aryl methyl sites for hydroxylation is 2. The summed E-state index contributed by atoms with van der Waals surface area (Å²) in [5.41, 5.74) is 3.50. The first-order chi connectivity index (χ1) is 10.3. The Morgan fingerprint density at radius 3 is 2.27 bits per heavy atom. The third-order valence-electron chi connectivity index (χ3n) is 3.94. The molecule has 0 aliphatic heterocycles. The third kappa shape index (κ3) is 2.81. The molecule has 4 nitrogen and oxygen atoms in total. The molecule has 0 N–H and O–H groups in total. The summed E-state index contributed by atoms with van der Waals surface area (Å²) in [4.78, 5) is 0.259. The Labute approximate surface area is 132 Å². The third-order valence-corrected chi connectivity index (χ3v) is 5.71. The van der Waals surface area contributed by atoms with E-state index in [0.29, 0.717) is 11.4 Å². The molecule has 0 radical (unpaired) electrons. The van der Waals surface area contributed by atoms with Gasteiger partial charge in [0.1, 0.15) is 5.75 Å². The van der Waals surface area contributed by atoms with Gasteiger partial charge in [0.25, 0.3) is 10.0 Å². The molecule has 0 aliphatic carbocycles. The van der Waals surface area contributed by atoms with Crippen molar-refractivity contribution in [2.24, 2.45) is 0 Å². The van der Waals surface area contributed by atoms with Gasteiger partial charge in [-0.3, -0.25) is 4.31 Å². The van der Waals surface area contributed by atoms with E-state index < -0.39 is 10.0 Å². The zero-order valence-electron chi connectivity index (χ0n) is 13.5. The number of benzene rings is 2. The summed E-state index contributed by atoms with van der Waals surface area (Å²) in [5.74, 6) is 0.674. The molecule has 0 aromatic heterocycles. The van der Waals surface area contributed by atoms with E-state index in [1.165, 1.54) is 4.31 Å². The smallest absolute Gasteiger partial charge is 0.264 e. The second-order valence-corrected chi connectivity index (χ2v) is 7.29.